The predicted molar refractivity (Wildman–Crippen MR) is 74.2 cm³/mol. The lowest BCUT2D eigenvalue weighted by molar-refractivity contribution is -0.104. The molecule has 17 heavy (non-hydrogen) atoms. The third-order valence-corrected chi connectivity index (χ3v) is 2.68. The summed E-state index contributed by atoms with van der Waals surface area (Å²) in [6.07, 6.45) is 13.3. The minimum absolute atomic E-state index is 0.148. The fourth-order valence-corrected chi connectivity index (χ4v) is 1.74. The number of unbranched alkanes of at least 4 members (excludes halogenated alkanes) is 6. The number of rotatable bonds is 12. The first-order chi connectivity index (χ1) is 8.35. The van der Waals surface area contributed by atoms with Gasteiger partial charge in [0.1, 0.15) is 0 Å². The Kier molecular flexibility index (Phi) is 13.4. The summed E-state index contributed by atoms with van der Waals surface area (Å²) in [7, 11) is 0. The molecule has 0 aliphatic heterocycles. The number of hydrogen-bond donors (Lipinski definition) is 0. The second kappa shape index (κ2) is 13.7. The van der Waals surface area contributed by atoms with Crippen molar-refractivity contribution in [1.29, 1.82) is 0 Å². The lowest BCUT2D eigenvalue weighted by Gasteiger charge is -2.12. The van der Waals surface area contributed by atoms with E-state index in [1.54, 1.807) is 0 Å². The second-order valence-electron chi connectivity index (χ2n) is 4.26. The maximum absolute atomic E-state index is 5.43. The minimum atomic E-state index is -0.148. The molecule has 0 fully saturated rings. The van der Waals surface area contributed by atoms with Gasteiger partial charge in [-0.3, -0.25) is 0 Å². The molecule has 2 nitrogen and oxygen atoms in total. The zero-order chi connectivity index (χ0) is 12.8. The number of allylic oxidation sites excluding steroid dienone is 1. The van der Waals surface area contributed by atoms with Crippen LogP contribution < -0.4 is 0 Å². The van der Waals surface area contributed by atoms with Crippen LogP contribution in [0.4, 0.5) is 0 Å². The van der Waals surface area contributed by atoms with E-state index in [2.05, 4.69) is 13.0 Å². The minimum Gasteiger partial charge on any atom is -0.349 e. The van der Waals surface area contributed by atoms with Gasteiger partial charge in [0.25, 0.3) is 0 Å². The molecule has 0 unspecified atom stereocenters. The van der Waals surface area contributed by atoms with Crippen LogP contribution in [0.25, 0.3) is 0 Å². The molecule has 0 atom stereocenters. The predicted octanol–water partition coefficient (Wildman–Crippen LogP) is 4.69. The largest absolute Gasteiger partial charge is 0.349 e. The van der Waals surface area contributed by atoms with Crippen LogP contribution in [0.1, 0.15) is 65.7 Å². The van der Waals surface area contributed by atoms with Crippen molar-refractivity contribution in [3.05, 3.63) is 12.2 Å². The maximum atomic E-state index is 5.43. The summed E-state index contributed by atoms with van der Waals surface area (Å²) in [5, 5.41) is 0. The van der Waals surface area contributed by atoms with E-state index >= 15 is 0 Å². The molecule has 0 aliphatic carbocycles. The smallest absolute Gasteiger partial charge is 0.176 e. The molecule has 0 aliphatic rings. The van der Waals surface area contributed by atoms with Crippen LogP contribution in [0.2, 0.25) is 0 Å². The van der Waals surface area contributed by atoms with Gasteiger partial charge in [-0.15, -0.1) is 0 Å². The Balaban J connectivity index is 3.42. The molecule has 0 bridgehead atoms. The molecular weight excluding hydrogens is 212 g/mol. The molecule has 2 heteroatoms. The highest BCUT2D eigenvalue weighted by Crippen LogP contribution is 2.08. The van der Waals surface area contributed by atoms with Crippen LogP contribution in [0.15, 0.2) is 12.2 Å². The molecule has 0 saturated carbocycles. The fraction of sp³-hybridized carbons (Fsp3) is 0.867. The molecule has 102 valence electrons. The van der Waals surface area contributed by atoms with Gasteiger partial charge < -0.3 is 9.47 Å². The summed E-state index contributed by atoms with van der Waals surface area (Å²) in [6.45, 7) is 7.64. The Labute approximate surface area is 107 Å². The van der Waals surface area contributed by atoms with Crippen molar-refractivity contribution in [2.75, 3.05) is 13.2 Å². The summed E-state index contributed by atoms with van der Waals surface area (Å²) in [5.74, 6) is 0. The van der Waals surface area contributed by atoms with E-state index in [9.17, 15) is 0 Å². The third kappa shape index (κ3) is 11.9. The number of ether oxygens (including phenoxy) is 2. The summed E-state index contributed by atoms with van der Waals surface area (Å²) >= 11 is 0. The Hall–Kier alpha value is -0.340. The first kappa shape index (κ1) is 16.7. The van der Waals surface area contributed by atoms with E-state index in [1.807, 2.05) is 19.9 Å². The zero-order valence-corrected chi connectivity index (χ0v) is 11.9. The summed E-state index contributed by atoms with van der Waals surface area (Å²) in [4.78, 5) is 0. The molecule has 0 N–H and O–H groups in total. The first-order valence-corrected chi connectivity index (χ1v) is 7.24. The number of hydrogen-bond acceptors (Lipinski definition) is 2. The van der Waals surface area contributed by atoms with Gasteiger partial charge in [-0.1, -0.05) is 45.1 Å². The molecule has 0 radical (unpaired) electrons. The monoisotopic (exact) mass is 242 g/mol. The van der Waals surface area contributed by atoms with Crippen molar-refractivity contribution in [3.63, 3.8) is 0 Å². The van der Waals surface area contributed by atoms with Crippen molar-refractivity contribution >= 4 is 0 Å². The molecule has 0 rings (SSSR count). The Bertz CT molecular complexity index is 160. The van der Waals surface area contributed by atoms with E-state index in [1.165, 1.54) is 38.5 Å². The zero-order valence-electron chi connectivity index (χ0n) is 11.9. The SMILES string of the molecule is CCCCCCCC/C=C/C(OCC)OCC. The van der Waals surface area contributed by atoms with Gasteiger partial charge in [0, 0.05) is 13.2 Å². The average molecular weight is 242 g/mol. The molecule has 0 saturated heterocycles. The molecule has 0 spiro atoms. The van der Waals surface area contributed by atoms with E-state index in [4.69, 9.17) is 9.47 Å². The summed E-state index contributed by atoms with van der Waals surface area (Å²) in [6, 6.07) is 0. The van der Waals surface area contributed by atoms with Crippen LogP contribution >= 0.6 is 0 Å². The van der Waals surface area contributed by atoms with Gasteiger partial charge in [0.15, 0.2) is 6.29 Å². The molecule has 0 heterocycles. The molecule has 0 aromatic carbocycles. The Morgan fingerprint density at radius 2 is 1.41 bits per heavy atom. The lowest BCUT2D eigenvalue weighted by atomic mass is 10.1. The van der Waals surface area contributed by atoms with Crippen molar-refractivity contribution in [2.45, 2.75) is 72.0 Å². The average Bonchev–Trinajstić information content (AvgIpc) is 2.33. The van der Waals surface area contributed by atoms with Gasteiger partial charge in [0.2, 0.25) is 0 Å². The van der Waals surface area contributed by atoms with Crippen LogP contribution in [-0.4, -0.2) is 19.5 Å². The molecular formula is C15H30O2. The van der Waals surface area contributed by atoms with Gasteiger partial charge >= 0.3 is 0 Å². The topological polar surface area (TPSA) is 18.5 Å². The van der Waals surface area contributed by atoms with Gasteiger partial charge in [-0.2, -0.15) is 0 Å². The van der Waals surface area contributed by atoms with E-state index in [0.717, 1.165) is 6.42 Å². The van der Waals surface area contributed by atoms with Crippen molar-refractivity contribution < 1.29 is 9.47 Å². The van der Waals surface area contributed by atoms with Crippen molar-refractivity contribution in [2.24, 2.45) is 0 Å². The molecule has 0 aromatic rings. The van der Waals surface area contributed by atoms with Crippen LogP contribution in [0, 0.1) is 0 Å². The summed E-state index contributed by atoms with van der Waals surface area (Å²) in [5.41, 5.74) is 0. The standard InChI is InChI=1S/C15H30O2/c1-4-7-8-9-10-11-12-13-14-15(16-5-2)17-6-3/h13-15H,4-12H2,1-3H3/b14-13+. The van der Waals surface area contributed by atoms with Gasteiger partial charge in [0.05, 0.1) is 0 Å². The van der Waals surface area contributed by atoms with E-state index < -0.39 is 0 Å². The van der Waals surface area contributed by atoms with E-state index in [0.29, 0.717) is 13.2 Å². The summed E-state index contributed by atoms with van der Waals surface area (Å²) < 4.78 is 10.9. The highest BCUT2D eigenvalue weighted by atomic mass is 16.7. The highest BCUT2D eigenvalue weighted by Gasteiger charge is 2.00. The van der Waals surface area contributed by atoms with Gasteiger partial charge in [-0.25, -0.2) is 0 Å². The first-order valence-electron chi connectivity index (χ1n) is 7.24. The molecule has 0 amide bonds. The lowest BCUT2D eigenvalue weighted by Crippen LogP contribution is -2.14. The van der Waals surface area contributed by atoms with Crippen molar-refractivity contribution in [1.82, 2.24) is 0 Å². The highest BCUT2D eigenvalue weighted by molar-refractivity contribution is 4.85. The second-order valence-corrected chi connectivity index (χ2v) is 4.26. The van der Waals surface area contributed by atoms with Crippen LogP contribution in [-0.2, 0) is 9.47 Å². The van der Waals surface area contributed by atoms with Crippen LogP contribution in [0.5, 0.6) is 0 Å². The fourth-order valence-electron chi connectivity index (χ4n) is 1.74. The Morgan fingerprint density at radius 3 is 2.00 bits per heavy atom. The quantitative estimate of drug-likeness (QED) is 0.281. The van der Waals surface area contributed by atoms with E-state index in [-0.39, 0.29) is 6.29 Å². The van der Waals surface area contributed by atoms with Crippen molar-refractivity contribution in [3.8, 4) is 0 Å². The third-order valence-electron chi connectivity index (χ3n) is 2.68. The maximum Gasteiger partial charge on any atom is 0.176 e. The van der Waals surface area contributed by atoms with Gasteiger partial charge in [-0.05, 0) is 32.8 Å². The van der Waals surface area contributed by atoms with Crippen LogP contribution in [0.3, 0.4) is 0 Å². The Morgan fingerprint density at radius 1 is 0.824 bits per heavy atom. The normalized spacial score (nSPS) is 11.8. The molecule has 0 aromatic heterocycles.